The molecule has 2 N–H and O–H groups in total. The van der Waals surface area contributed by atoms with E-state index in [0.717, 1.165) is 16.8 Å². The van der Waals surface area contributed by atoms with E-state index in [9.17, 15) is 9.90 Å². The molecule has 3 rings (SSSR count). The number of nitrogens with zero attached hydrogens (tertiary/aromatic N) is 2. The third-order valence-electron chi connectivity index (χ3n) is 3.90. The average molecular weight is 321 g/mol. The Morgan fingerprint density at radius 2 is 1.92 bits per heavy atom. The lowest BCUT2D eigenvalue weighted by Crippen LogP contribution is -2.28. The van der Waals surface area contributed by atoms with Crippen LogP contribution in [0.2, 0.25) is 0 Å². The highest BCUT2D eigenvalue weighted by atomic mass is 16.3. The number of carbonyl (C=O) groups is 1. The summed E-state index contributed by atoms with van der Waals surface area (Å²) in [7, 11) is 0. The fraction of sp³-hybridized carbons (Fsp3) is 0.158. The molecule has 0 saturated heterocycles. The molecule has 0 aliphatic heterocycles. The Balaban J connectivity index is 1.62. The van der Waals surface area contributed by atoms with Gasteiger partial charge in [-0.2, -0.15) is 5.10 Å². The number of aryl methyl sites for hydroxylation is 1. The van der Waals surface area contributed by atoms with E-state index < -0.39 is 6.10 Å². The van der Waals surface area contributed by atoms with Crippen LogP contribution in [0.3, 0.4) is 0 Å². The van der Waals surface area contributed by atoms with Crippen molar-refractivity contribution in [3.8, 4) is 5.69 Å². The number of carbonyl (C=O) groups excluding carboxylic acids is 1. The summed E-state index contributed by atoms with van der Waals surface area (Å²) in [5.74, 6) is -0.213. The Bertz CT molecular complexity index is 811. The van der Waals surface area contributed by atoms with Crippen LogP contribution < -0.4 is 5.32 Å². The molecule has 0 bridgehead atoms. The van der Waals surface area contributed by atoms with Crippen molar-refractivity contribution < 1.29 is 9.90 Å². The van der Waals surface area contributed by atoms with Crippen molar-refractivity contribution in [2.75, 3.05) is 6.54 Å². The van der Waals surface area contributed by atoms with E-state index in [-0.39, 0.29) is 12.5 Å². The van der Waals surface area contributed by atoms with Crippen LogP contribution in [0.4, 0.5) is 0 Å². The SMILES string of the molecule is Cc1ccccc1C(O)CNC(=O)c1ccc(-n2cccn2)cc1. The zero-order valence-electron chi connectivity index (χ0n) is 13.4. The second-order valence-corrected chi connectivity index (χ2v) is 5.58. The molecular weight excluding hydrogens is 302 g/mol. The van der Waals surface area contributed by atoms with Crippen molar-refractivity contribution in [3.63, 3.8) is 0 Å². The van der Waals surface area contributed by atoms with Gasteiger partial charge in [-0.15, -0.1) is 0 Å². The quantitative estimate of drug-likeness (QED) is 0.759. The van der Waals surface area contributed by atoms with Crippen LogP contribution in [0.5, 0.6) is 0 Å². The number of rotatable bonds is 5. The van der Waals surface area contributed by atoms with Crippen molar-refractivity contribution in [2.45, 2.75) is 13.0 Å². The summed E-state index contributed by atoms with van der Waals surface area (Å²) in [6, 6.07) is 16.6. The Morgan fingerprint density at radius 3 is 2.58 bits per heavy atom. The van der Waals surface area contributed by atoms with Crippen LogP contribution in [0.25, 0.3) is 5.69 Å². The molecule has 5 nitrogen and oxygen atoms in total. The van der Waals surface area contributed by atoms with Crippen molar-refractivity contribution in [1.29, 1.82) is 0 Å². The molecule has 1 aromatic heterocycles. The first kappa shape index (κ1) is 16.0. The van der Waals surface area contributed by atoms with Gasteiger partial charge >= 0.3 is 0 Å². The molecule has 1 atom stereocenters. The molecule has 1 heterocycles. The molecule has 0 spiro atoms. The second-order valence-electron chi connectivity index (χ2n) is 5.58. The molecule has 1 amide bonds. The van der Waals surface area contributed by atoms with Gasteiger partial charge in [0.1, 0.15) is 0 Å². The minimum atomic E-state index is -0.724. The molecule has 0 saturated carbocycles. The standard InChI is InChI=1S/C19H19N3O2/c1-14-5-2-3-6-17(14)18(23)13-20-19(24)15-7-9-16(10-8-15)22-12-4-11-21-22/h2-12,18,23H,13H2,1H3,(H,20,24). The zero-order chi connectivity index (χ0) is 16.9. The molecule has 24 heavy (non-hydrogen) atoms. The third kappa shape index (κ3) is 3.52. The summed E-state index contributed by atoms with van der Waals surface area (Å²) in [6.07, 6.45) is 2.82. The molecule has 5 heteroatoms. The Morgan fingerprint density at radius 1 is 1.17 bits per heavy atom. The summed E-state index contributed by atoms with van der Waals surface area (Å²) in [5.41, 5.74) is 3.26. The van der Waals surface area contributed by atoms with Crippen molar-refractivity contribution in [3.05, 3.63) is 83.7 Å². The Kier molecular flexibility index (Phi) is 4.72. The number of hydrogen-bond acceptors (Lipinski definition) is 3. The molecule has 122 valence electrons. The summed E-state index contributed by atoms with van der Waals surface area (Å²) in [6.45, 7) is 2.11. The number of benzene rings is 2. The monoisotopic (exact) mass is 321 g/mol. The van der Waals surface area contributed by atoms with Crippen LogP contribution in [0.1, 0.15) is 27.6 Å². The number of amides is 1. The van der Waals surface area contributed by atoms with Gasteiger partial charge in [0, 0.05) is 24.5 Å². The fourth-order valence-electron chi connectivity index (χ4n) is 2.55. The van der Waals surface area contributed by atoms with Gasteiger partial charge in [0.05, 0.1) is 11.8 Å². The van der Waals surface area contributed by atoms with E-state index in [1.54, 1.807) is 23.0 Å². The van der Waals surface area contributed by atoms with E-state index in [2.05, 4.69) is 10.4 Å². The molecule has 0 radical (unpaired) electrons. The van der Waals surface area contributed by atoms with Crippen LogP contribution in [-0.4, -0.2) is 27.3 Å². The minimum Gasteiger partial charge on any atom is -0.387 e. The van der Waals surface area contributed by atoms with Gasteiger partial charge in [-0.25, -0.2) is 4.68 Å². The first-order valence-corrected chi connectivity index (χ1v) is 7.77. The summed E-state index contributed by atoms with van der Waals surface area (Å²) < 4.78 is 1.73. The molecular formula is C19H19N3O2. The predicted octanol–water partition coefficient (Wildman–Crippen LogP) is 2.64. The molecule has 0 fully saturated rings. The maximum atomic E-state index is 12.2. The highest BCUT2D eigenvalue weighted by Gasteiger charge is 2.12. The first-order chi connectivity index (χ1) is 11.6. The smallest absolute Gasteiger partial charge is 0.251 e. The summed E-state index contributed by atoms with van der Waals surface area (Å²) in [4.78, 5) is 12.2. The molecule has 2 aromatic carbocycles. The van der Waals surface area contributed by atoms with E-state index in [1.165, 1.54) is 0 Å². The predicted molar refractivity (Wildman–Crippen MR) is 92.0 cm³/mol. The van der Waals surface area contributed by atoms with Gasteiger partial charge in [0.15, 0.2) is 0 Å². The zero-order valence-corrected chi connectivity index (χ0v) is 13.4. The summed E-state index contributed by atoms with van der Waals surface area (Å²) in [5, 5.41) is 17.2. The van der Waals surface area contributed by atoms with Gasteiger partial charge in [-0.1, -0.05) is 24.3 Å². The molecule has 3 aromatic rings. The lowest BCUT2D eigenvalue weighted by Gasteiger charge is -2.14. The van der Waals surface area contributed by atoms with Gasteiger partial charge in [-0.05, 0) is 48.4 Å². The highest BCUT2D eigenvalue weighted by molar-refractivity contribution is 5.94. The highest BCUT2D eigenvalue weighted by Crippen LogP contribution is 2.16. The maximum absolute atomic E-state index is 12.2. The van der Waals surface area contributed by atoms with Crippen molar-refractivity contribution in [1.82, 2.24) is 15.1 Å². The van der Waals surface area contributed by atoms with Gasteiger partial charge in [-0.3, -0.25) is 4.79 Å². The fourth-order valence-corrected chi connectivity index (χ4v) is 2.55. The van der Waals surface area contributed by atoms with Crippen LogP contribution in [0.15, 0.2) is 67.0 Å². The Labute approximate surface area is 140 Å². The summed E-state index contributed by atoms with van der Waals surface area (Å²) >= 11 is 0. The normalized spacial score (nSPS) is 11.9. The number of aliphatic hydroxyl groups excluding tert-OH is 1. The topological polar surface area (TPSA) is 67.2 Å². The van der Waals surface area contributed by atoms with Crippen LogP contribution >= 0.6 is 0 Å². The number of nitrogens with one attached hydrogen (secondary N) is 1. The van der Waals surface area contributed by atoms with Gasteiger partial charge in [0.2, 0.25) is 0 Å². The number of aromatic nitrogens is 2. The molecule has 0 aliphatic rings. The average Bonchev–Trinajstić information content (AvgIpc) is 3.14. The van der Waals surface area contributed by atoms with Gasteiger partial charge < -0.3 is 10.4 Å². The van der Waals surface area contributed by atoms with E-state index in [4.69, 9.17) is 0 Å². The van der Waals surface area contributed by atoms with Crippen LogP contribution in [0, 0.1) is 6.92 Å². The van der Waals surface area contributed by atoms with Crippen molar-refractivity contribution >= 4 is 5.91 Å². The number of hydrogen-bond donors (Lipinski definition) is 2. The third-order valence-corrected chi connectivity index (χ3v) is 3.90. The van der Waals surface area contributed by atoms with E-state index >= 15 is 0 Å². The molecule has 1 unspecified atom stereocenters. The van der Waals surface area contributed by atoms with Gasteiger partial charge in [0.25, 0.3) is 5.91 Å². The number of aliphatic hydroxyl groups is 1. The first-order valence-electron chi connectivity index (χ1n) is 7.77. The Hall–Kier alpha value is -2.92. The van der Waals surface area contributed by atoms with E-state index in [0.29, 0.717) is 5.56 Å². The van der Waals surface area contributed by atoms with Crippen molar-refractivity contribution in [2.24, 2.45) is 0 Å². The van der Waals surface area contributed by atoms with E-state index in [1.807, 2.05) is 55.6 Å². The molecule has 0 aliphatic carbocycles. The second kappa shape index (κ2) is 7.10. The van der Waals surface area contributed by atoms with Crippen LogP contribution in [-0.2, 0) is 0 Å². The minimum absolute atomic E-state index is 0.171. The lowest BCUT2D eigenvalue weighted by molar-refractivity contribution is 0.0916. The maximum Gasteiger partial charge on any atom is 0.251 e. The lowest BCUT2D eigenvalue weighted by atomic mass is 10.0. The largest absolute Gasteiger partial charge is 0.387 e.